The first kappa shape index (κ1) is 23.1. The number of nitrogens with zero attached hydrogens (tertiary/aromatic N) is 4. The molecule has 3 aromatic rings. The van der Waals surface area contributed by atoms with Crippen LogP contribution in [0.4, 0.5) is 16.0 Å². The molecule has 10 heteroatoms. The number of ether oxygens (including phenoxy) is 2. The molecule has 0 bridgehead atoms. The number of carbonyl (C=O) groups excluding carboxylic acids is 1. The molecule has 0 saturated carbocycles. The summed E-state index contributed by atoms with van der Waals surface area (Å²) in [6, 6.07) is 13.6. The Bertz CT molecular complexity index is 1090. The zero-order valence-electron chi connectivity index (χ0n) is 18.4. The molecule has 0 spiro atoms. The average Bonchev–Trinajstić information content (AvgIpc) is 3.27. The molecule has 33 heavy (non-hydrogen) atoms. The Balaban J connectivity index is 1.51. The lowest BCUT2D eigenvalue weighted by Gasteiger charge is -2.27. The highest BCUT2D eigenvalue weighted by Crippen LogP contribution is 2.28. The summed E-state index contributed by atoms with van der Waals surface area (Å²) in [7, 11) is 0. The maximum absolute atomic E-state index is 14.0. The molecule has 0 atom stereocenters. The lowest BCUT2D eigenvalue weighted by atomic mass is 10.3. The summed E-state index contributed by atoms with van der Waals surface area (Å²) in [5.74, 6) is 0.791. The topological polar surface area (TPSA) is 81.5 Å². The van der Waals surface area contributed by atoms with Crippen molar-refractivity contribution in [2.24, 2.45) is 0 Å². The molecule has 1 N–H and O–H groups in total. The summed E-state index contributed by atoms with van der Waals surface area (Å²) < 4.78 is 26.9. The molecule has 174 valence electrons. The molecular weight excluding hydrogens is 445 g/mol. The van der Waals surface area contributed by atoms with Crippen molar-refractivity contribution in [3.63, 3.8) is 0 Å². The second-order valence-corrected chi connectivity index (χ2v) is 8.32. The van der Waals surface area contributed by atoms with Gasteiger partial charge in [0, 0.05) is 13.1 Å². The first-order valence-corrected chi connectivity index (χ1v) is 11.8. The number of hydrogen-bond donors (Lipinski definition) is 1. The van der Waals surface area contributed by atoms with Gasteiger partial charge >= 0.3 is 0 Å². The molecule has 1 aliphatic heterocycles. The molecule has 1 amide bonds. The number of aromatic nitrogens is 3. The van der Waals surface area contributed by atoms with Crippen LogP contribution < -0.4 is 15.0 Å². The van der Waals surface area contributed by atoms with Crippen molar-refractivity contribution in [3.05, 3.63) is 54.3 Å². The van der Waals surface area contributed by atoms with Crippen molar-refractivity contribution in [2.45, 2.75) is 18.5 Å². The maximum atomic E-state index is 14.0. The van der Waals surface area contributed by atoms with Gasteiger partial charge in [-0.15, -0.1) is 10.2 Å². The predicted octanol–water partition coefficient (Wildman–Crippen LogP) is 3.76. The van der Waals surface area contributed by atoms with E-state index in [1.807, 2.05) is 30.0 Å². The van der Waals surface area contributed by atoms with Gasteiger partial charge in [0.15, 0.2) is 5.16 Å². The fraction of sp³-hybridized carbons (Fsp3) is 0.348. The van der Waals surface area contributed by atoms with E-state index in [0.717, 1.165) is 6.42 Å². The number of thioether (sulfide) groups is 1. The largest absolute Gasteiger partial charge is 0.491 e. The van der Waals surface area contributed by atoms with E-state index < -0.39 is 0 Å². The van der Waals surface area contributed by atoms with Crippen LogP contribution in [0.25, 0.3) is 5.69 Å². The maximum Gasteiger partial charge on any atom is 0.234 e. The van der Waals surface area contributed by atoms with E-state index in [2.05, 4.69) is 15.5 Å². The number of hydrogen-bond acceptors (Lipinski definition) is 7. The monoisotopic (exact) mass is 471 g/mol. The highest BCUT2D eigenvalue weighted by Gasteiger charge is 2.22. The second kappa shape index (κ2) is 11.2. The highest BCUT2D eigenvalue weighted by atomic mass is 32.2. The molecule has 0 radical (unpaired) electrons. The number of benzene rings is 2. The number of para-hydroxylation sites is 2. The van der Waals surface area contributed by atoms with Crippen LogP contribution >= 0.6 is 11.8 Å². The van der Waals surface area contributed by atoms with E-state index in [1.165, 1.54) is 23.9 Å². The lowest BCUT2D eigenvalue weighted by Crippen LogP contribution is -2.37. The third kappa shape index (κ3) is 5.82. The van der Waals surface area contributed by atoms with Gasteiger partial charge in [-0.1, -0.05) is 36.9 Å². The number of amides is 1. The molecule has 0 aliphatic carbocycles. The van der Waals surface area contributed by atoms with Crippen molar-refractivity contribution < 1.29 is 18.7 Å². The fourth-order valence-electron chi connectivity index (χ4n) is 3.39. The van der Waals surface area contributed by atoms with Gasteiger partial charge in [-0.2, -0.15) is 0 Å². The fourth-order valence-corrected chi connectivity index (χ4v) is 4.14. The summed E-state index contributed by atoms with van der Waals surface area (Å²) in [5, 5.41) is 12.1. The van der Waals surface area contributed by atoms with E-state index in [1.54, 1.807) is 22.8 Å². The van der Waals surface area contributed by atoms with Crippen LogP contribution in [0.2, 0.25) is 0 Å². The first-order chi connectivity index (χ1) is 16.2. The van der Waals surface area contributed by atoms with Crippen molar-refractivity contribution >= 4 is 29.3 Å². The van der Waals surface area contributed by atoms with Crippen LogP contribution in [0.5, 0.6) is 5.75 Å². The molecule has 0 unspecified atom stereocenters. The zero-order chi connectivity index (χ0) is 23.0. The van der Waals surface area contributed by atoms with Gasteiger partial charge in [-0.05, 0) is 36.8 Å². The molecule has 1 fully saturated rings. The van der Waals surface area contributed by atoms with Crippen LogP contribution in [-0.2, 0) is 9.53 Å². The third-order valence-electron chi connectivity index (χ3n) is 4.93. The number of nitrogens with one attached hydrogen (secondary N) is 1. The van der Waals surface area contributed by atoms with Crippen molar-refractivity contribution in [2.75, 3.05) is 48.9 Å². The Hall–Kier alpha value is -3.11. The van der Waals surface area contributed by atoms with Crippen LogP contribution in [0.15, 0.2) is 53.7 Å². The van der Waals surface area contributed by atoms with Crippen LogP contribution in [0, 0.1) is 5.82 Å². The highest BCUT2D eigenvalue weighted by molar-refractivity contribution is 7.99. The van der Waals surface area contributed by atoms with Crippen molar-refractivity contribution in [1.82, 2.24) is 14.8 Å². The standard InChI is InChI=1S/C23H26FN5O3S/c1-2-12-32-20-9-4-3-8-19(20)25-21(30)16-33-23-27-26-22(28-10-13-31-14-11-28)29(23)18-7-5-6-17(24)15-18/h3-9,15H,2,10-14,16H2,1H3,(H,25,30). The SMILES string of the molecule is CCCOc1ccccc1NC(=O)CSc1nnc(N2CCOCC2)n1-c1cccc(F)c1. The Labute approximate surface area is 196 Å². The Morgan fingerprint density at radius 1 is 1.18 bits per heavy atom. The number of morpholine rings is 1. The Morgan fingerprint density at radius 3 is 2.79 bits per heavy atom. The van der Waals surface area contributed by atoms with Gasteiger partial charge in [0.25, 0.3) is 0 Å². The van der Waals surface area contributed by atoms with E-state index >= 15 is 0 Å². The molecule has 8 nitrogen and oxygen atoms in total. The van der Waals surface area contributed by atoms with E-state index in [0.29, 0.717) is 61.1 Å². The number of halogens is 1. The minimum Gasteiger partial charge on any atom is -0.491 e. The molecule has 4 rings (SSSR count). The molecule has 1 aromatic heterocycles. The molecular formula is C23H26FN5O3S. The normalized spacial score (nSPS) is 13.7. The second-order valence-electron chi connectivity index (χ2n) is 7.38. The number of anilines is 2. The first-order valence-electron chi connectivity index (χ1n) is 10.8. The van der Waals surface area contributed by atoms with Crippen molar-refractivity contribution in [1.29, 1.82) is 0 Å². The van der Waals surface area contributed by atoms with Crippen LogP contribution in [-0.4, -0.2) is 59.3 Å². The number of carbonyl (C=O) groups is 1. The summed E-state index contributed by atoms with van der Waals surface area (Å²) >= 11 is 1.24. The molecule has 2 heterocycles. The molecule has 1 saturated heterocycles. The van der Waals surface area contributed by atoms with E-state index in [-0.39, 0.29) is 17.5 Å². The minimum atomic E-state index is -0.355. The van der Waals surface area contributed by atoms with Gasteiger partial charge in [-0.3, -0.25) is 9.36 Å². The smallest absolute Gasteiger partial charge is 0.234 e. The minimum absolute atomic E-state index is 0.110. The van der Waals surface area contributed by atoms with E-state index in [4.69, 9.17) is 9.47 Å². The Morgan fingerprint density at radius 2 is 2.00 bits per heavy atom. The summed E-state index contributed by atoms with van der Waals surface area (Å²) in [4.78, 5) is 14.7. The van der Waals surface area contributed by atoms with E-state index in [9.17, 15) is 9.18 Å². The lowest BCUT2D eigenvalue weighted by molar-refractivity contribution is -0.113. The summed E-state index contributed by atoms with van der Waals surface area (Å²) in [6.45, 7) is 5.08. The summed E-state index contributed by atoms with van der Waals surface area (Å²) in [6.07, 6.45) is 0.874. The van der Waals surface area contributed by atoms with Gasteiger partial charge < -0.3 is 19.7 Å². The predicted molar refractivity (Wildman–Crippen MR) is 126 cm³/mol. The molecule has 2 aromatic carbocycles. The van der Waals surface area contributed by atoms with Gasteiger partial charge in [0.2, 0.25) is 11.9 Å². The molecule has 1 aliphatic rings. The number of rotatable bonds is 9. The Kier molecular flexibility index (Phi) is 7.79. The van der Waals surface area contributed by atoms with Gasteiger partial charge in [0.1, 0.15) is 11.6 Å². The quantitative estimate of drug-likeness (QED) is 0.476. The van der Waals surface area contributed by atoms with Crippen LogP contribution in [0.1, 0.15) is 13.3 Å². The van der Waals surface area contributed by atoms with Gasteiger partial charge in [0.05, 0.1) is 36.9 Å². The van der Waals surface area contributed by atoms with Gasteiger partial charge in [-0.25, -0.2) is 4.39 Å². The summed E-state index contributed by atoms with van der Waals surface area (Å²) in [5.41, 5.74) is 1.22. The van der Waals surface area contributed by atoms with Crippen LogP contribution in [0.3, 0.4) is 0 Å². The van der Waals surface area contributed by atoms with Crippen molar-refractivity contribution in [3.8, 4) is 11.4 Å². The third-order valence-corrected chi connectivity index (χ3v) is 5.86. The average molecular weight is 472 g/mol. The zero-order valence-corrected chi connectivity index (χ0v) is 19.2.